The zero-order valence-electron chi connectivity index (χ0n) is 73.1. The molecule has 0 spiro atoms. The van der Waals surface area contributed by atoms with Crippen molar-refractivity contribution in [1.82, 2.24) is 61.4 Å². The number of rotatable bonds is 24. The van der Waals surface area contributed by atoms with Crippen LogP contribution in [-0.4, -0.2) is 250 Å². The van der Waals surface area contributed by atoms with E-state index in [1.165, 1.54) is 45.0 Å². The number of carbonyl (C=O) groups is 16. The summed E-state index contributed by atoms with van der Waals surface area (Å²) < 4.78 is 0. The van der Waals surface area contributed by atoms with E-state index in [1.807, 2.05) is 25.1 Å². The summed E-state index contributed by atoms with van der Waals surface area (Å²) in [6, 6.07) is 29.2. The summed E-state index contributed by atoms with van der Waals surface area (Å²) in [5, 5.41) is 27.8. The largest absolute Gasteiger partial charge is 0.481 e. The standard InChI is InChI=1S/C92H123N15O17S/c1-11-12-32-75-91(123)103(6)52-66(108)45-63(46-83(114)115)79(110)47-68(57(4)5)88(120)106(9)76(42-59-26-18-14-19-27-59)87(119)101-73(49-94)89(121)104(7)53-81(112)97-51-65(44-64-50-96-69-31-23-22-30-67(64)69)84(116)99-71(40-61-33-35-62(48-93)36-34-61)86(118)100-70(39-56(2)3)85(117)102-74(78(109)37-38-80(95)111)54-125-55-82(113)98-72(41-58-24-16-13-17-25-58)90(122)107(10)77(92(124)105(75)8)43-60-28-20-15-21-29-60/h13-31,33-36,50,56-57,63,65,68,70-77,96H,11-12,32,37-49,51-55,93-94H2,1-10H3,(H2,95,111)(H,97,112)(H,98,113)(H,99,116)(H,100,118)(H,101,119)(H,102,117)(H,114,115)/t63-,65+,68-,70-,71-,72-,73-,74-,75-,76-,77-/m0/s1. The first-order valence-electron chi connectivity index (χ1n) is 42.4. The molecule has 33 heteroatoms. The lowest BCUT2D eigenvalue weighted by atomic mass is 9.83. The quantitative estimate of drug-likeness (QED) is 0.0411. The number of nitrogens with zero attached hydrogens (tertiary/aromatic N) is 5. The van der Waals surface area contributed by atoms with Crippen molar-refractivity contribution in [2.24, 2.45) is 46.8 Å². The Morgan fingerprint density at radius 3 is 1.63 bits per heavy atom. The monoisotopic (exact) mass is 1740 g/mol. The number of aromatic nitrogens is 1. The van der Waals surface area contributed by atoms with E-state index < -0.39 is 224 Å². The summed E-state index contributed by atoms with van der Waals surface area (Å²) in [7, 11) is 6.75. The molecule has 1 fully saturated rings. The van der Waals surface area contributed by atoms with Crippen LogP contribution >= 0.6 is 11.8 Å². The average Bonchev–Trinajstić information content (AvgIpc) is 1.66. The number of para-hydroxylation sites is 1. The molecule has 6 aromatic rings. The van der Waals surface area contributed by atoms with Gasteiger partial charge in [-0.05, 0) is 70.5 Å². The fourth-order valence-corrected chi connectivity index (χ4v) is 16.0. The maximum absolute atomic E-state index is 15.5. The van der Waals surface area contributed by atoms with Crippen LogP contribution in [0.5, 0.6) is 0 Å². The molecule has 1 aromatic heterocycles. The van der Waals surface area contributed by atoms with Crippen LogP contribution < -0.4 is 49.1 Å². The number of amides is 12. The second kappa shape index (κ2) is 49.5. The van der Waals surface area contributed by atoms with Gasteiger partial charge in [-0.2, -0.15) is 0 Å². The van der Waals surface area contributed by atoms with Gasteiger partial charge in [-0.15, -0.1) is 11.8 Å². The van der Waals surface area contributed by atoms with E-state index in [0.29, 0.717) is 40.7 Å². The normalized spacial score (nSPS) is 22.5. The summed E-state index contributed by atoms with van der Waals surface area (Å²) in [5.74, 6) is -18.4. The Balaban J connectivity index is 1.30. The summed E-state index contributed by atoms with van der Waals surface area (Å²) in [6.07, 6.45) is -0.757. The van der Waals surface area contributed by atoms with Crippen LogP contribution in [0, 0.1) is 29.6 Å². The van der Waals surface area contributed by atoms with E-state index in [2.05, 4.69) is 36.9 Å². The zero-order chi connectivity index (χ0) is 91.7. The fourth-order valence-electron chi connectivity index (χ4n) is 15.1. The molecule has 0 bridgehead atoms. The second-order valence-corrected chi connectivity index (χ2v) is 34.1. The van der Waals surface area contributed by atoms with Gasteiger partial charge in [-0.1, -0.05) is 181 Å². The first-order valence-corrected chi connectivity index (χ1v) is 43.5. The van der Waals surface area contributed by atoms with E-state index in [9.17, 15) is 57.8 Å². The third kappa shape index (κ3) is 30.7. The number of benzene rings is 5. The number of nitrogens with one attached hydrogen (secondary N) is 7. The van der Waals surface area contributed by atoms with Gasteiger partial charge >= 0.3 is 5.97 Å². The maximum Gasteiger partial charge on any atom is 0.304 e. The van der Waals surface area contributed by atoms with Crippen molar-refractivity contribution >= 4 is 117 Å². The summed E-state index contributed by atoms with van der Waals surface area (Å²) in [6.45, 7) is 6.76. The molecular formula is C92H123N15O17S. The van der Waals surface area contributed by atoms with Gasteiger partial charge in [0, 0.05) is 141 Å². The van der Waals surface area contributed by atoms with Crippen molar-refractivity contribution in [2.45, 2.75) is 179 Å². The number of carboxylic acid groups (broad SMARTS) is 1. The highest BCUT2D eigenvalue weighted by Crippen LogP contribution is 2.28. The molecular weight excluding hydrogens is 1620 g/mol. The van der Waals surface area contributed by atoms with Crippen LogP contribution in [0.4, 0.5) is 0 Å². The van der Waals surface area contributed by atoms with Gasteiger partial charge in [-0.25, -0.2) is 0 Å². The Hall–Kier alpha value is -12.0. The molecule has 0 radical (unpaired) electrons. The summed E-state index contributed by atoms with van der Waals surface area (Å²) in [5.41, 5.74) is 22.3. The number of Topliss-reactive ketones (excluding diaryl/α,β-unsaturated/α-hetero) is 3. The first kappa shape index (κ1) is 100. The molecule has 1 aliphatic rings. The first-order chi connectivity index (χ1) is 59.5. The van der Waals surface area contributed by atoms with Crippen molar-refractivity contribution in [2.75, 3.05) is 72.9 Å². The van der Waals surface area contributed by atoms with Crippen molar-refractivity contribution in [3.63, 3.8) is 0 Å². The molecule has 14 N–H and O–H groups in total. The number of fused-ring (bicyclic) bond motifs is 1. The van der Waals surface area contributed by atoms with Crippen molar-refractivity contribution in [3.8, 4) is 0 Å². The molecule has 0 aliphatic carbocycles. The van der Waals surface area contributed by atoms with Gasteiger partial charge < -0.3 is 83.7 Å². The molecule has 2 heterocycles. The molecule has 5 aromatic carbocycles. The van der Waals surface area contributed by atoms with Gasteiger partial charge in [0.2, 0.25) is 70.9 Å². The highest BCUT2D eigenvalue weighted by atomic mass is 32.2. The Morgan fingerprint density at radius 2 is 1.05 bits per heavy atom. The lowest BCUT2D eigenvalue weighted by Gasteiger charge is -2.37. The SMILES string of the molecule is CCCC[C@H]1C(=O)N(C)CC(=O)C[C@@H](CC(=O)O)C(=O)C[C@@H](C(C)C)C(=O)N(C)[C@@H](Cc2ccccc2)C(=O)N[C@@H](CN)C(=O)N(C)CC(=O)NC[C@@H](Cc2c[nH]c3ccccc23)C(=O)N[C@@H](Cc2ccc(CN)cc2)C(=O)N[C@@H](CC(C)C)C(=O)N[C@H](C(=O)CCC(N)=O)CSCC(=O)N[C@@H](Cc2ccccc2)C(=O)N(C)[C@@H](Cc2ccccc2)C(=O)N1C. The molecule has 1 saturated heterocycles. The summed E-state index contributed by atoms with van der Waals surface area (Å²) >= 11 is 0.898. The molecule has 125 heavy (non-hydrogen) atoms. The number of ketones is 3. The average molecular weight is 1740 g/mol. The number of unbranched alkanes of at least 4 members (excludes halogenated alkanes) is 1. The number of hydrogen-bond acceptors (Lipinski definition) is 19. The Kier molecular flexibility index (Phi) is 39.7. The Labute approximate surface area is 734 Å². The van der Waals surface area contributed by atoms with Gasteiger partial charge in [0.1, 0.15) is 48.1 Å². The van der Waals surface area contributed by atoms with E-state index in [0.717, 1.165) is 42.9 Å². The number of nitrogens with two attached hydrogens (primary N) is 3. The van der Waals surface area contributed by atoms with Gasteiger partial charge in [-0.3, -0.25) is 76.7 Å². The van der Waals surface area contributed by atoms with Crippen LogP contribution in [0.2, 0.25) is 0 Å². The molecule has 32 nitrogen and oxygen atoms in total. The number of carboxylic acids is 1. The molecule has 11 atom stereocenters. The molecule has 0 unspecified atom stereocenters. The van der Waals surface area contributed by atoms with E-state index in [4.69, 9.17) is 17.2 Å². The minimum atomic E-state index is -1.52. The number of thioether (sulfide) groups is 1. The Bertz CT molecular complexity index is 4710. The van der Waals surface area contributed by atoms with Gasteiger partial charge in [0.15, 0.2) is 11.6 Å². The highest BCUT2D eigenvalue weighted by Gasteiger charge is 2.42. The van der Waals surface area contributed by atoms with Crippen LogP contribution in [0.3, 0.4) is 0 Å². The Morgan fingerprint density at radius 1 is 0.512 bits per heavy atom. The molecule has 674 valence electrons. The van der Waals surface area contributed by atoms with Crippen LogP contribution in [0.25, 0.3) is 10.9 Å². The number of carbonyl (C=O) groups excluding carboxylic acids is 15. The van der Waals surface area contributed by atoms with Crippen molar-refractivity contribution in [1.29, 1.82) is 0 Å². The third-order valence-corrected chi connectivity index (χ3v) is 23.5. The molecule has 0 saturated carbocycles. The number of hydrogen-bond donors (Lipinski definition) is 11. The zero-order valence-corrected chi connectivity index (χ0v) is 73.9. The lowest BCUT2D eigenvalue weighted by Crippen LogP contribution is -2.58. The van der Waals surface area contributed by atoms with E-state index >= 15 is 24.0 Å². The highest BCUT2D eigenvalue weighted by molar-refractivity contribution is 8.00. The molecule has 1 aliphatic heterocycles. The number of H-pyrrole nitrogens is 1. The van der Waals surface area contributed by atoms with Crippen LogP contribution in [-0.2, 0) is 115 Å². The smallest absolute Gasteiger partial charge is 0.304 e. The van der Waals surface area contributed by atoms with Crippen LogP contribution in [0.15, 0.2) is 146 Å². The predicted octanol–water partition coefficient (Wildman–Crippen LogP) is 3.75. The maximum atomic E-state index is 15.5. The van der Waals surface area contributed by atoms with Crippen molar-refractivity contribution < 1.29 is 81.8 Å². The number of aliphatic carboxylic acids is 1. The van der Waals surface area contributed by atoms with Crippen molar-refractivity contribution in [3.05, 3.63) is 179 Å². The summed E-state index contributed by atoms with van der Waals surface area (Å²) in [4.78, 5) is 242. The number of aromatic amines is 1. The molecule has 12 amide bonds. The van der Waals surface area contributed by atoms with E-state index in [1.54, 1.807) is 155 Å². The minimum absolute atomic E-state index is 0.0165. The second-order valence-electron chi connectivity index (χ2n) is 33.0. The predicted molar refractivity (Wildman–Crippen MR) is 474 cm³/mol. The number of primary amides is 1. The van der Waals surface area contributed by atoms with Crippen LogP contribution in [0.1, 0.15) is 126 Å². The fraction of sp³-hybridized carbons (Fsp3) is 0.478. The third-order valence-electron chi connectivity index (χ3n) is 22.5. The topological polar surface area (TPSA) is 476 Å². The molecule has 7 rings (SSSR count). The minimum Gasteiger partial charge on any atom is -0.481 e. The van der Waals surface area contributed by atoms with E-state index in [-0.39, 0.29) is 69.7 Å². The van der Waals surface area contributed by atoms with Gasteiger partial charge in [0.25, 0.3) is 0 Å². The van der Waals surface area contributed by atoms with Gasteiger partial charge in [0.05, 0.1) is 37.2 Å². The lowest BCUT2D eigenvalue weighted by molar-refractivity contribution is -0.151. The number of likely N-dealkylation sites (N-methyl/N-ethyl adjacent to an activating group) is 5.